The zero-order valence-corrected chi connectivity index (χ0v) is 10.4. The Morgan fingerprint density at radius 1 is 1.22 bits per heavy atom. The van der Waals surface area contributed by atoms with Gasteiger partial charge < -0.3 is 9.64 Å². The molecule has 0 amide bonds. The number of aromatic nitrogens is 3. The highest BCUT2D eigenvalue weighted by Crippen LogP contribution is 2.30. The molecule has 18 heavy (non-hydrogen) atoms. The van der Waals surface area contributed by atoms with Crippen molar-refractivity contribution >= 4 is 5.82 Å². The summed E-state index contributed by atoms with van der Waals surface area (Å²) in [6.45, 7) is 1.02. The average Bonchev–Trinajstić information content (AvgIpc) is 2.80. The summed E-state index contributed by atoms with van der Waals surface area (Å²) in [5, 5.41) is 0. The molecular formula is C13H14N4O. The van der Waals surface area contributed by atoms with E-state index in [0.717, 1.165) is 30.0 Å². The van der Waals surface area contributed by atoms with Crippen LogP contribution in [0.1, 0.15) is 5.56 Å². The summed E-state index contributed by atoms with van der Waals surface area (Å²) in [6, 6.07) is 2.12. The molecule has 0 fully saturated rings. The molecule has 2 aromatic rings. The fourth-order valence-corrected chi connectivity index (χ4v) is 2.23. The molecule has 3 rings (SSSR count). The van der Waals surface area contributed by atoms with E-state index in [4.69, 9.17) is 4.74 Å². The summed E-state index contributed by atoms with van der Waals surface area (Å²) < 4.78 is 5.23. The minimum atomic E-state index is 0.533. The number of methoxy groups -OCH3 is 1. The Bertz CT molecular complexity index is 585. The van der Waals surface area contributed by atoms with Crippen LogP contribution in [0, 0.1) is 0 Å². The van der Waals surface area contributed by atoms with Crippen molar-refractivity contribution in [2.45, 2.75) is 6.42 Å². The van der Waals surface area contributed by atoms with Crippen molar-refractivity contribution in [3.8, 4) is 17.1 Å². The van der Waals surface area contributed by atoms with Gasteiger partial charge in [-0.3, -0.25) is 0 Å². The molecule has 2 aromatic heterocycles. The van der Waals surface area contributed by atoms with Crippen molar-refractivity contribution in [1.82, 2.24) is 15.0 Å². The van der Waals surface area contributed by atoms with E-state index in [-0.39, 0.29) is 0 Å². The smallest absolute Gasteiger partial charge is 0.240 e. The Balaban J connectivity index is 2.08. The number of likely N-dealkylation sites (N-methyl/N-ethyl adjacent to an activating group) is 1. The minimum absolute atomic E-state index is 0.533. The third kappa shape index (κ3) is 1.68. The molecule has 0 atom stereocenters. The van der Waals surface area contributed by atoms with Gasteiger partial charge in [0.1, 0.15) is 11.5 Å². The van der Waals surface area contributed by atoms with Gasteiger partial charge in [0, 0.05) is 37.7 Å². The predicted molar refractivity (Wildman–Crippen MR) is 68.8 cm³/mol. The normalized spacial score (nSPS) is 13.6. The first-order valence-corrected chi connectivity index (χ1v) is 5.85. The number of hydrogen-bond donors (Lipinski definition) is 0. The maximum atomic E-state index is 5.23. The quantitative estimate of drug-likeness (QED) is 0.799. The molecule has 0 spiro atoms. The van der Waals surface area contributed by atoms with Gasteiger partial charge >= 0.3 is 0 Å². The van der Waals surface area contributed by atoms with Gasteiger partial charge in [0.25, 0.3) is 0 Å². The van der Waals surface area contributed by atoms with Crippen LogP contribution >= 0.6 is 0 Å². The molecule has 3 heterocycles. The van der Waals surface area contributed by atoms with Crippen LogP contribution in [0.25, 0.3) is 11.3 Å². The van der Waals surface area contributed by atoms with E-state index < -0.39 is 0 Å². The lowest BCUT2D eigenvalue weighted by Gasteiger charge is -2.11. The van der Waals surface area contributed by atoms with E-state index in [9.17, 15) is 0 Å². The Morgan fingerprint density at radius 3 is 2.89 bits per heavy atom. The van der Waals surface area contributed by atoms with Gasteiger partial charge in [0.15, 0.2) is 0 Å². The summed E-state index contributed by atoms with van der Waals surface area (Å²) in [4.78, 5) is 15.1. The molecule has 1 aliphatic rings. The Kier molecular flexibility index (Phi) is 2.59. The van der Waals surface area contributed by atoms with Crippen molar-refractivity contribution in [2.75, 3.05) is 25.6 Å². The van der Waals surface area contributed by atoms with E-state index >= 15 is 0 Å². The predicted octanol–water partition coefficient (Wildman–Crippen LogP) is 1.54. The van der Waals surface area contributed by atoms with Crippen LogP contribution in [-0.2, 0) is 6.42 Å². The summed E-state index contributed by atoms with van der Waals surface area (Å²) >= 11 is 0. The van der Waals surface area contributed by atoms with Crippen LogP contribution in [0.2, 0.25) is 0 Å². The molecule has 0 aromatic carbocycles. The molecule has 1 aliphatic heterocycles. The number of ether oxygens (including phenoxy) is 1. The third-order valence-electron chi connectivity index (χ3n) is 3.15. The number of pyridine rings is 1. The third-order valence-corrected chi connectivity index (χ3v) is 3.15. The topological polar surface area (TPSA) is 51.1 Å². The van der Waals surface area contributed by atoms with Crippen LogP contribution in [0.15, 0.2) is 24.7 Å². The largest absolute Gasteiger partial charge is 0.479 e. The van der Waals surface area contributed by atoms with Crippen molar-refractivity contribution in [2.24, 2.45) is 0 Å². The van der Waals surface area contributed by atoms with Gasteiger partial charge in [-0.1, -0.05) is 0 Å². The first-order chi connectivity index (χ1) is 8.79. The molecule has 5 heteroatoms. The lowest BCUT2D eigenvalue weighted by Crippen LogP contribution is -2.13. The van der Waals surface area contributed by atoms with Crippen LogP contribution in [0.3, 0.4) is 0 Å². The molecular weight excluding hydrogens is 228 g/mol. The van der Waals surface area contributed by atoms with Gasteiger partial charge in [0.05, 0.1) is 7.11 Å². The second kappa shape index (κ2) is 4.25. The highest BCUT2D eigenvalue weighted by atomic mass is 16.5. The van der Waals surface area contributed by atoms with Crippen molar-refractivity contribution in [1.29, 1.82) is 0 Å². The van der Waals surface area contributed by atoms with Gasteiger partial charge in [-0.25, -0.2) is 15.0 Å². The Hall–Kier alpha value is -2.17. The monoisotopic (exact) mass is 242 g/mol. The Morgan fingerprint density at radius 2 is 2.06 bits per heavy atom. The highest BCUT2D eigenvalue weighted by molar-refractivity contribution is 5.67. The van der Waals surface area contributed by atoms with Gasteiger partial charge in [-0.2, -0.15) is 0 Å². The molecule has 92 valence electrons. The first-order valence-electron chi connectivity index (χ1n) is 5.85. The number of nitrogens with zero attached hydrogens (tertiary/aromatic N) is 4. The standard InChI is InChI=1S/C13H14N4O/c1-17-6-3-9-7-10(8-16-12(9)17)11-13(18-2)15-5-4-14-11/h4-5,7-8H,3,6H2,1-2H3. The molecule has 0 bridgehead atoms. The van der Waals surface area contributed by atoms with E-state index in [1.165, 1.54) is 5.56 Å². The number of rotatable bonds is 2. The van der Waals surface area contributed by atoms with Crippen molar-refractivity contribution < 1.29 is 4.74 Å². The second-order valence-electron chi connectivity index (χ2n) is 4.29. The maximum Gasteiger partial charge on any atom is 0.240 e. The van der Waals surface area contributed by atoms with Crippen molar-refractivity contribution in [3.63, 3.8) is 0 Å². The average molecular weight is 242 g/mol. The molecule has 0 unspecified atom stereocenters. The van der Waals surface area contributed by atoms with Crippen LogP contribution in [-0.4, -0.2) is 35.7 Å². The summed E-state index contributed by atoms with van der Waals surface area (Å²) in [7, 11) is 3.66. The lowest BCUT2D eigenvalue weighted by molar-refractivity contribution is 0.397. The van der Waals surface area contributed by atoms with Crippen LogP contribution in [0.4, 0.5) is 5.82 Å². The van der Waals surface area contributed by atoms with Gasteiger partial charge in [0.2, 0.25) is 5.88 Å². The number of fused-ring (bicyclic) bond motifs is 1. The fraction of sp³-hybridized carbons (Fsp3) is 0.308. The molecule has 5 nitrogen and oxygen atoms in total. The molecule has 0 saturated heterocycles. The summed E-state index contributed by atoms with van der Waals surface area (Å²) in [5.74, 6) is 1.59. The lowest BCUT2D eigenvalue weighted by atomic mass is 10.1. The Labute approximate surface area is 105 Å². The van der Waals surface area contributed by atoms with E-state index in [2.05, 4.69) is 33.0 Å². The first kappa shape index (κ1) is 11.0. The van der Waals surface area contributed by atoms with Gasteiger partial charge in [-0.05, 0) is 18.1 Å². The SMILES string of the molecule is COc1nccnc1-c1cnc2c(c1)CCN2C. The zero-order chi connectivity index (χ0) is 12.5. The molecule has 0 N–H and O–H groups in total. The summed E-state index contributed by atoms with van der Waals surface area (Å²) in [6.07, 6.45) is 6.14. The molecule has 0 radical (unpaired) electrons. The maximum absolute atomic E-state index is 5.23. The van der Waals surface area contributed by atoms with Crippen LogP contribution in [0.5, 0.6) is 5.88 Å². The van der Waals surface area contributed by atoms with Gasteiger partial charge in [-0.15, -0.1) is 0 Å². The minimum Gasteiger partial charge on any atom is -0.479 e. The van der Waals surface area contributed by atoms with E-state index in [0.29, 0.717) is 5.88 Å². The highest BCUT2D eigenvalue weighted by Gasteiger charge is 2.19. The van der Waals surface area contributed by atoms with Crippen molar-refractivity contribution in [3.05, 3.63) is 30.2 Å². The fourth-order valence-electron chi connectivity index (χ4n) is 2.23. The second-order valence-corrected chi connectivity index (χ2v) is 4.29. The zero-order valence-electron chi connectivity index (χ0n) is 10.4. The number of hydrogen-bond acceptors (Lipinski definition) is 5. The number of anilines is 1. The van der Waals surface area contributed by atoms with Crippen LogP contribution < -0.4 is 9.64 Å². The van der Waals surface area contributed by atoms with E-state index in [1.54, 1.807) is 19.5 Å². The molecule has 0 aliphatic carbocycles. The molecule has 0 saturated carbocycles. The van der Waals surface area contributed by atoms with E-state index in [1.807, 2.05) is 6.20 Å². The summed E-state index contributed by atoms with van der Waals surface area (Å²) in [5.41, 5.74) is 2.95.